The largest absolute Gasteiger partial charge is 0.493 e. The number of esters is 1. The molecule has 3 aromatic carbocycles. The number of sulfonamides is 1. The lowest BCUT2D eigenvalue weighted by atomic mass is 9.87. The number of ether oxygens (including phenoxy) is 3. The smallest absolute Gasteiger partial charge is 0.338 e. The van der Waals surface area contributed by atoms with Crippen LogP contribution in [0.2, 0.25) is 0 Å². The Bertz CT molecular complexity index is 1650. The molecule has 218 valence electrons. The van der Waals surface area contributed by atoms with Gasteiger partial charge in [0.05, 0.1) is 43.5 Å². The van der Waals surface area contributed by atoms with Crippen molar-refractivity contribution >= 4 is 21.9 Å². The molecule has 0 fully saturated rings. The van der Waals surface area contributed by atoms with E-state index < -0.39 is 28.6 Å². The summed E-state index contributed by atoms with van der Waals surface area (Å²) < 4.78 is 49.1. The van der Waals surface area contributed by atoms with Crippen LogP contribution in [0, 0.1) is 0 Å². The normalized spacial score (nSPS) is 14.6. The summed E-state index contributed by atoms with van der Waals surface area (Å²) in [5.41, 5.74) is 2.97. The summed E-state index contributed by atoms with van der Waals surface area (Å²) in [5.74, 6) is 0.535. The van der Waals surface area contributed by atoms with Crippen LogP contribution in [-0.4, -0.2) is 52.6 Å². The molecule has 5 rings (SSSR count). The van der Waals surface area contributed by atoms with Gasteiger partial charge in [-0.1, -0.05) is 30.3 Å². The molecule has 1 atom stereocenters. The van der Waals surface area contributed by atoms with E-state index in [1.165, 1.54) is 30.5 Å². The Morgan fingerprint density at radius 1 is 0.952 bits per heavy atom. The fourth-order valence-corrected chi connectivity index (χ4v) is 5.93. The summed E-state index contributed by atoms with van der Waals surface area (Å²) in [4.78, 5) is 27.9. The van der Waals surface area contributed by atoms with Crippen LogP contribution >= 0.6 is 0 Å². The molecule has 0 bridgehead atoms. The van der Waals surface area contributed by atoms with Crippen LogP contribution in [0.5, 0.6) is 11.5 Å². The molecule has 0 unspecified atom stereocenters. The number of furan rings is 1. The minimum Gasteiger partial charge on any atom is -0.493 e. The van der Waals surface area contributed by atoms with E-state index in [2.05, 4.69) is 4.72 Å². The Balaban J connectivity index is 1.28. The molecule has 1 aromatic heterocycles. The summed E-state index contributed by atoms with van der Waals surface area (Å²) in [6.07, 6.45) is 2.04. The van der Waals surface area contributed by atoms with Gasteiger partial charge in [-0.3, -0.25) is 4.79 Å². The number of methoxy groups -OCH3 is 2. The Hall–Kier alpha value is -4.61. The van der Waals surface area contributed by atoms with Crippen LogP contribution in [0.4, 0.5) is 0 Å². The van der Waals surface area contributed by atoms with Gasteiger partial charge in [-0.15, -0.1) is 0 Å². The van der Waals surface area contributed by atoms with Gasteiger partial charge in [0.2, 0.25) is 10.0 Å². The fourth-order valence-electron chi connectivity index (χ4n) is 4.94. The predicted molar refractivity (Wildman–Crippen MR) is 153 cm³/mol. The molecule has 2 heterocycles. The second-order valence-corrected chi connectivity index (χ2v) is 11.3. The van der Waals surface area contributed by atoms with Gasteiger partial charge in [0.25, 0.3) is 5.91 Å². The monoisotopic (exact) mass is 590 g/mol. The SMILES string of the molecule is COc1cc2c(cc1OC)[C@H](c1ccccc1)N(C(=O)COC(=O)c1ccc(S(=O)(=O)NCc3ccco3)cc1)CC2. The lowest BCUT2D eigenvalue weighted by Crippen LogP contribution is -2.42. The van der Waals surface area contributed by atoms with E-state index in [1.807, 2.05) is 42.5 Å². The first-order valence-electron chi connectivity index (χ1n) is 13.2. The molecule has 0 radical (unpaired) electrons. The molecule has 0 spiro atoms. The summed E-state index contributed by atoms with van der Waals surface area (Å²) in [5, 5.41) is 0. The highest BCUT2D eigenvalue weighted by molar-refractivity contribution is 7.89. The number of amides is 1. The minimum atomic E-state index is -3.83. The first-order chi connectivity index (χ1) is 20.3. The summed E-state index contributed by atoms with van der Waals surface area (Å²) in [6, 6.07) is 21.6. The van der Waals surface area contributed by atoms with E-state index in [4.69, 9.17) is 18.6 Å². The number of benzene rings is 3. The molecule has 10 nitrogen and oxygen atoms in total. The first-order valence-corrected chi connectivity index (χ1v) is 14.7. The average molecular weight is 591 g/mol. The van der Waals surface area contributed by atoms with Gasteiger partial charge >= 0.3 is 5.97 Å². The van der Waals surface area contributed by atoms with Gasteiger partial charge in [-0.2, -0.15) is 0 Å². The number of nitrogens with one attached hydrogen (secondary N) is 1. The molecular formula is C31H30N2O8S. The zero-order chi connectivity index (χ0) is 29.7. The van der Waals surface area contributed by atoms with Gasteiger partial charge in [0.15, 0.2) is 18.1 Å². The standard InChI is InChI=1S/C31H30N2O8S/c1-38-27-17-23-14-15-33(30(21-7-4-3-5-8-21)26(23)18-28(27)39-2)29(34)20-41-31(35)22-10-12-25(13-11-22)42(36,37)32-19-24-9-6-16-40-24/h3-13,16-18,30,32H,14-15,19-20H2,1-2H3/t30-/m0/s1. The third-order valence-corrected chi connectivity index (χ3v) is 8.47. The Morgan fingerprint density at radius 2 is 1.67 bits per heavy atom. The van der Waals surface area contributed by atoms with Gasteiger partial charge < -0.3 is 23.5 Å². The highest BCUT2D eigenvalue weighted by Crippen LogP contribution is 2.41. The van der Waals surface area contributed by atoms with Gasteiger partial charge in [0.1, 0.15) is 5.76 Å². The number of rotatable bonds is 10. The van der Waals surface area contributed by atoms with Crippen molar-refractivity contribution in [2.24, 2.45) is 0 Å². The molecule has 11 heteroatoms. The number of hydrogen-bond acceptors (Lipinski definition) is 8. The average Bonchev–Trinajstić information content (AvgIpc) is 3.55. The molecular weight excluding hydrogens is 560 g/mol. The van der Waals surface area contributed by atoms with Crippen molar-refractivity contribution < 1.29 is 36.6 Å². The van der Waals surface area contributed by atoms with Crippen molar-refractivity contribution in [2.45, 2.75) is 23.9 Å². The van der Waals surface area contributed by atoms with Crippen LogP contribution < -0.4 is 14.2 Å². The number of hydrogen-bond donors (Lipinski definition) is 1. The van der Waals surface area contributed by atoms with E-state index in [-0.39, 0.29) is 22.9 Å². The van der Waals surface area contributed by atoms with Crippen molar-refractivity contribution in [1.82, 2.24) is 9.62 Å². The van der Waals surface area contributed by atoms with Gasteiger partial charge in [-0.05, 0) is 71.6 Å². The highest BCUT2D eigenvalue weighted by atomic mass is 32.2. The van der Waals surface area contributed by atoms with E-state index >= 15 is 0 Å². The van der Waals surface area contributed by atoms with Gasteiger partial charge in [-0.25, -0.2) is 17.9 Å². The Kier molecular flexibility index (Phi) is 8.60. The van der Waals surface area contributed by atoms with Crippen LogP contribution in [0.1, 0.15) is 38.9 Å². The van der Waals surface area contributed by atoms with Crippen LogP contribution in [-0.2, 0) is 32.5 Å². The van der Waals surface area contributed by atoms with E-state index in [1.54, 1.807) is 31.3 Å². The van der Waals surface area contributed by atoms with Crippen molar-refractivity contribution in [3.05, 3.63) is 113 Å². The number of fused-ring (bicyclic) bond motifs is 1. The zero-order valence-corrected chi connectivity index (χ0v) is 23.9. The molecule has 42 heavy (non-hydrogen) atoms. The molecule has 1 amide bonds. The summed E-state index contributed by atoms with van der Waals surface area (Å²) in [7, 11) is -0.682. The van der Waals surface area contributed by atoms with Crippen molar-refractivity contribution in [3.8, 4) is 11.5 Å². The zero-order valence-electron chi connectivity index (χ0n) is 23.1. The van der Waals surface area contributed by atoms with Crippen molar-refractivity contribution in [1.29, 1.82) is 0 Å². The molecule has 4 aromatic rings. The molecule has 0 saturated heterocycles. The molecule has 0 aliphatic carbocycles. The number of nitrogens with zero attached hydrogens (tertiary/aromatic N) is 1. The van der Waals surface area contributed by atoms with Gasteiger partial charge in [0, 0.05) is 6.54 Å². The molecule has 1 aliphatic rings. The lowest BCUT2D eigenvalue weighted by molar-refractivity contribution is -0.136. The van der Waals surface area contributed by atoms with E-state index in [9.17, 15) is 18.0 Å². The number of carbonyl (C=O) groups is 2. The fraction of sp³-hybridized carbons (Fsp3) is 0.226. The van der Waals surface area contributed by atoms with Crippen molar-refractivity contribution in [2.75, 3.05) is 27.4 Å². The third-order valence-electron chi connectivity index (χ3n) is 7.05. The topological polar surface area (TPSA) is 124 Å². The maximum atomic E-state index is 13.5. The van der Waals surface area contributed by atoms with Crippen molar-refractivity contribution in [3.63, 3.8) is 0 Å². The third kappa shape index (κ3) is 6.17. The van der Waals surface area contributed by atoms with E-state index in [0.717, 1.165) is 16.7 Å². The maximum Gasteiger partial charge on any atom is 0.338 e. The quantitative estimate of drug-likeness (QED) is 0.274. The maximum absolute atomic E-state index is 13.5. The second-order valence-electron chi connectivity index (χ2n) is 9.56. The van der Waals surface area contributed by atoms with Crippen LogP contribution in [0.15, 0.2) is 94.4 Å². The molecule has 1 aliphatic heterocycles. The van der Waals surface area contributed by atoms with Crippen LogP contribution in [0.25, 0.3) is 0 Å². The minimum absolute atomic E-state index is 0.00743. The van der Waals surface area contributed by atoms with E-state index in [0.29, 0.717) is 30.2 Å². The highest BCUT2D eigenvalue weighted by Gasteiger charge is 2.33. The summed E-state index contributed by atoms with van der Waals surface area (Å²) >= 11 is 0. The molecule has 1 N–H and O–H groups in total. The second kappa shape index (κ2) is 12.5. The number of carbonyl (C=O) groups excluding carboxylic acids is 2. The lowest BCUT2D eigenvalue weighted by Gasteiger charge is -2.38. The Morgan fingerprint density at radius 3 is 2.33 bits per heavy atom. The van der Waals surface area contributed by atoms with Crippen LogP contribution in [0.3, 0.4) is 0 Å². The molecule has 0 saturated carbocycles. The Labute approximate surface area is 243 Å². The first kappa shape index (κ1) is 28.9. The summed E-state index contributed by atoms with van der Waals surface area (Å²) in [6.45, 7) is -0.0714. The predicted octanol–water partition coefficient (Wildman–Crippen LogP) is 4.11.